The van der Waals surface area contributed by atoms with Gasteiger partial charge in [-0.15, -0.1) is 6.58 Å². The fourth-order valence-corrected chi connectivity index (χ4v) is 4.03. The summed E-state index contributed by atoms with van der Waals surface area (Å²) in [6.45, 7) is 5.46. The average Bonchev–Trinajstić information content (AvgIpc) is 2.90. The highest BCUT2D eigenvalue weighted by Crippen LogP contribution is 2.30. The Kier molecular flexibility index (Phi) is 4.04. The van der Waals surface area contributed by atoms with E-state index in [1.165, 1.54) is 6.08 Å². The van der Waals surface area contributed by atoms with Crippen molar-refractivity contribution in [2.45, 2.75) is 11.9 Å². The third kappa shape index (κ3) is 2.80. The van der Waals surface area contributed by atoms with Crippen LogP contribution in [0.25, 0.3) is 16.6 Å². The van der Waals surface area contributed by atoms with Crippen LogP contribution in [0, 0.1) is 6.92 Å². The highest BCUT2D eigenvalue weighted by molar-refractivity contribution is 7.91. The first kappa shape index (κ1) is 15.8. The number of aromatic nitrogens is 1. The van der Waals surface area contributed by atoms with Crippen molar-refractivity contribution < 1.29 is 8.42 Å². The smallest absolute Gasteiger partial charge is 0.197 e. The van der Waals surface area contributed by atoms with Crippen LogP contribution in [0.1, 0.15) is 5.56 Å². The van der Waals surface area contributed by atoms with Crippen molar-refractivity contribution in [3.63, 3.8) is 0 Å². The number of hydrogen-bond acceptors (Lipinski definition) is 2. The Bertz CT molecular complexity index is 1000. The molecule has 0 bridgehead atoms. The third-order valence-corrected chi connectivity index (χ3v) is 5.77. The van der Waals surface area contributed by atoms with Crippen LogP contribution in [0.15, 0.2) is 66.2 Å². The van der Waals surface area contributed by atoms with Gasteiger partial charge in [-0.05, 0) is 36.8 Å². The van der Waals surface area contributed by atoms with Crippen molar-refractivity contribution in [1.82, 2.24) is 4.57 Å². The lowest BCUT2D eigenvalue weighted by atomic mass is 10.2. The Morgan fingerprint density at radius 2 is 1.91 bits per heavy atom. The van der Waals surface area contributed by atoms with Crippen LogP contribution in [-0.4, -0.2) is 18.7 Å². The van der Waals surface area contributed by atoms with Crippen LogP contribution in [0.2, 0.25) is 5.02 Å². The fraction of sp³-hybridized carbons (Fsp3) is 0.111. The zero-order chi connectivity index (χ0) is 16.6. The second-order valence-electron chi connectivity index (χ2n) is 5.38. The Balaban J connectivity index is 2.37. The standard InChI is InChI=1S/C18H16ClNO2S/c1-3-10-23(21,22)18-11-14-6-4-5-7-17(14)20(18)15-9-8-13(2)16(19)12-15/h3-9,11-12H,1,10H2,2H3. The SMILES string of the molecule is C=CCS(=O)(=O)c1cc2ccccc2n1-c1ccc(C)c(Cl)c1. The summed E-state index contributed by atoms with van der Waals surface area (Å²) in [4.78, 5) is 0. The molecule has 0 N–H and O–H groups in total. The van der Waals surface area contributed by atoms with Gasteiger partial charge in [0.2, 0.25) is 0 Å². The van der Waals surface area contributed by atoms with Gasteiger partial charge in [-0.2, -0.15) is 0 Å². The molecule has 1 heterocycles. The van der Waals surface area contributed by atoms with Crippen molar-refractivity contribution in [1.29, 1.82) is 0 Å². The van der Waals surface area contributed by atoms with Crippen molar-refractivity contribution in [3.8, 4) is 5.69 Å². The highest BCUT2D eigenvalue weighted by atomic mass is 35.5. The number of rotatable bonds is 4. The monoisotopic (exact) mass is 345 g/mol. The van der Waals surface area contributed by atoms with Crippen LogP contribution >= 0.6 is 11.6 Å². The first-order valence-electron chi connectivity index (χ1n) is 7.15. The number of benzene rings is 2. The van der Waals surface area contributed by atoms with Gasteiger partial charge in [0.25, 0.3) is 0 Å². The molecule has 23 heavy (non-hydrogen) atoms. The van der Waals surface area contributed by atoms with Gasteiger partial charge in [0, 0.05) is 16.1 Å². The average molecular weight is 346 g/mol. The van der Waals surface area contributed by atoms with Gasteiger partial charge >= 0.3 is 0 Å². The molecule has 0 amide bonds. The summed E-state index contributed by atoms with van der Waals surface area (Å²) in [7, 11) is -3.47. The summed E-state index contributed by atoms with van der Waals surface area (Å²) < 4.78 is 27.0. The Labute approximate surface area is 140 Å². The Morgan fingerprint density at radius 1 is 1.17 bits per heavy atom. The molecule has 0 saturated carbocycles. The van der Waals surface area contributed by atoms with E-state index >= 15 is 0 Å². The lowest BCUT2D eigenvalue weighted by molar-refractivity contribution is 0.593. The van der Waals surface area contributed by atoms with Crippen molar-refractivity contribution in [3.05, 3.63) is 71.8 Å². The van der Waals surface area contributed by atoms with Gasteiger partial charge < -0.3 is 4.57 Å². The first-order valence-corrected chi connectivity index (χ1v) is 9.18. The van der Waals surface area contributed by atoms with Gasteiger partial charge in [0.15, 0.2) is 9.84 Å². The molecule has 0 aliphatic carbocycles. The van der Waals surface area contributed by atoms with Crippen molar-refractivity contribution in [2.24, 2.45) is 0 Å². The minimum absolute atomic E-state index is 0.108. The number of sulfone groups is 1. The van der Waals surface area contributed by atoms with Crippen LogP contribution in [0.5, 0.6) is 0 Å². The zero-order valence-corrected chi connectivity index (χ0v) is 14.2. The lowest BCUT2D eigenvalue weighted by Gasteiger charge is -2.12. The van der Waals surface area contributed by atoms with Crippen LogP contribution in [0.4, 0.5) is 0 Å². The maximum Gasteiger partial charge on any atom is 0.197 e. The maximum atomic E-state index is 12.6. The van der Waals surface area contributed by atoms with Crippen LogP contribution < -0.4 is 0 Å². The molecule has 3 nitrogen and oxygen atoms in total. The number of nitrogens with zero attached hydrogens (tertiary/aromatic N) is 1. The molecule has 5 heteroatoms. The predicted molar refractivity (Wildman–Crippen MR) is 95.3 cm³/mol. The molecule has 0 atom stereocenters. The molecule has 3 rings (SSSR count). The molecular formula is C18H16ClNO2S. The van der Waals surface area contributed by atoms with E-state index < -0.39 is 9.84 Å². The van der Waals surface area contributed by atoms with Gasteiger partial charge in [-0.25, -0.2) is 8.42 Å². The van der Waals surface area contributed by atoms with E-state index in [1.54, 1.807) is 16.7 Å². The van der Waals surface area contributed by atoms with E-state index in [9.17, 15) is 8.42 Å². The highest BCUT2D eigenvalue weighted by Gasteiger charge is 2.21. The molecule has 0 saturated heterocycles. The summed E-state index contributed by atoms with van der Waals surface area (Å²) in [5.41, 5.74) is 2.50. The summed E-state index contributed by atoms with van der Waals surface area (Å²) in [6, 6.07) is 14.8. The van der Waals surface area contributed by atoms with Crippen LogP contribution in [-0.2, 0) is 9.84 Å². The first-order chi connectivity index (χ1) is 10.9. The molecule has 0 fully saturated rings. The molecule has 0 aliphatic rings. The zero-order valence-electron chi connectivity index (χ0n) is 12.7. The normalized spacial score (nSPS) is 11.7. The number of fused-ring (bicyclic) bond motifs is 1. The predicted octanol–water partition coefficient (Wildman–Crippen LogP) is 4.55. The van der Waals surface area contributed by atoms with Crippen LogP contribution in [0.3, 0.4) is 0 Å². The molecular weight excluding hydrogens is 330 g/mol. The second-order valence-corrected chi connectivity index (χ2v) is 7.77. The van der Waals surface area contributed by atoms with Gasteiger partial charge in [-0.1, -0.05) is 41.9 Å². The third-order valence-electron chi connectivity index (χ3n) is 3.75. The van der Waals surface area contributed by atoms with Gasteiger partial charge in [0.1, 0.15) is 5.03 Å². The maximum absolute atomic E-state index is 12.6. The number of para-hydroxylation sites is 1. The van der Waals surface area contributed by atoms with E-state index in [4.69, 9.17) is 11.6 Å². The molecule has 118 valence electrons. The van der Waals surface area contributed by atoms with Crippen molar-refractivity contribution in [2.75, 3.05) is 5.75 Å². The number of halogens is 1. The fourth-order valence-electron chi connectivity index (χ4n) is 2.59. The molecule has 3 aromatic rings. The van der Waals surface area contributed by atoms with E-state index in [1.807, 2.05) is 43.3 Å². The lowest BCUT2D eigenvalue weighted by Crippen LogP contribution is -2.10. The molecule has 0 aliphatic heterocycles. The summed E-state index contributed by atoms with van der Waals surface area (Å²) >= 11 is 6.23. The molecule has 2 aromatic carbocycles. The van der Waals surface area contributed by atoms with E-state index in [0.717, 1.165) is 22.2 Å². The van der Waals surface area contributed by atoms with Gasteiger partial charge in [0.05, 0.1) is 11.3 Å². The molecule has 1 aromatic heterocycles. The minimum atomic E-state index is -3.47. The number of hydrogen-bond donors (Lipinski definition) is 0. The molecule has 0 unspecified atom stereocenters. The molecule has 0 radical (unpaired) electrons. The Morgan fingerprint density at radius 3 is 2.61 bits per heavy atom. The Hall–Kier alpha value is -2.04. The second kappa shape index (κ2) is 5.87. The van der Waals surface area contributed by atoms with Crippen molar-refractivity contribution >= 4 is 32.3 Å². The minimum Gasteiger partial charge on any atom is -0.300 e. The van der Waals surface area contributed by atoms with E-state index in [0.29, 0.717) is 5.02 Å². The summed E-state index contributed by atoms with van der Waals surface area (Å²) in [6.07, 6.45) is 1.40. The van der Waals surface area contributed by atoms with Gasteiger partial charge in [-0.3, -0.25) is 0 Å². The summed E-state index contributed by atoms with van der Waals surface area (Å²) in [5, 5.41) is 1.72. The number of aryl methyl sites for hydroxylation is 1. The van der Waals surface area contributed by atoms with E-state index in [-0.39, 0.29) is 10.8 Å². The largest absolute Gasteiger partial charge is 0.300 e. The summed E-state index contributed by atoms with van der Waals surface area (Å²) in [5.74, 6) is -0.108. The molecule has 0 spiro atoms. The van der Waals surface area contributed by atoms with E-state index in [2.05, 4.69) is 6.58 Å². The topological polar surface area (TPSA) is 39.1 Å². The quantitative estimate of drug-likeness (QED) is 0.650.